The maximum atomic E-state index is 12.7. The molecule has 1 aromatic carbocycles. The van der Waals surface area contributed by atoms with Gasteiger partial charge in [0.05, 0.1) is 6.04 Å². The van der Waals surface area contributed by atoms with Gasteiger partial charge in [-0.1, -0.05) is 18.7 Å². The van der Waals surface area contributed by atoms with Crippen LogP contribution >= 0.6 is 11.8 Å². The Hall–Kier alpha value is -2.49. The third-order valence-corrected chi connectivity index (χ3v) is 5.40. The largest absolute Gasteiger partial charge is 0.573 e. The van der Waals surface area contributed by atoms with Crippen LogP contribution in [-0.2, 0) is 11.2 Å². The van der Waals surface area contributed by atoms with Gasteiger partial charge in [-0.05, 0) is 37.6 Å². The Bertz CT molecular complexity index is 942. The number of hydrogen-bond donors (Lipinski definition) is 1. The Kier molecular flexibility index (Phi) is 5.69. The average Bonchev–Trinajstić information content (AvgIpc) is 2.98. The molecule has 0 fully saturated rings. The van der Waals surface area contributed by atoms with Gasteiger partial charge in [0.1, 0.15) is 5.75 Å². The molecule has 1 N–H and O–H groups in total. The summed E-state index contributed by atoms with van der Waals surface area (Å²) in [5.41, 5.74) is 1.56. The van der Waals surface area contributed by atoms with E-state index in [0.717, 1.165) is 12.1 Å². The SMILES string of the molecule is CCc1c(C)nc2n(c1=O)C(CC(=O)Nc1ccc(OC(F)(F)F)cc1)CS2. The van der Waals surface area contributed by atoms with E-state index in [-0.39, 0.29) is 29.7 Å². The zero-order valence-corrected chi connectivity index (χ0v) is 16.0. The second-order valence-corrected chi connectivity index (χ2v) is 7.26. The number of alkyl halides is 3. The summed E-state index contributed by atoms with van der Waals surface area (Å²) in [7, 11) is 0. The molecule has 10 heteroatoms. The van der Waals surface area contributed by atoms with Crippen LogP contribution in [-0.4, -0.2) is 27.6 Å². The van der Waals surface area contributed by atoms with E-state index in [2.05, 4.69) is 15.0 Å². The van der Waals surface area contributed by atoms with Crippen molar-refractivity contribution in [2.24, 2.45) is 0 Å². The van der Waals surface area contributed by atoms with E-state index < -0.39 is 6.36 Å². The second kappa shape index (κ2) is 7.86. The number of rotatable bonds is 5. The Labute approximate surface area is 163 Å². The van der Waals surface area contributed by atoms with Gasteiger partial charge in [-0.3, -0.25) is 14.2 Å². The molecule has 0 radical (unpaired) electrons. The van der Waals surface area contributed by atoms with Gasteiger partial charge in [-0.2, -0.15) is 0 Å². The van der Waals surface area contributed by atoms with Crippen molar-refractivity contribution >= 4 is 23.4 Å². The molecular weight excluding hydrogens is 395 g/mol. The predicted octanol–water partition coefficient (Wildman–Crippen LogP) is 3.69. The molecule has 0 bridgehead atoms. The maximum Gasteiger partial charge on any atom is 0.573 e. The van der Waals surface area contributed by atoms with E-state index in [9.17, 15) is 22.8 Å². The van der Waals surface area contributed by atoms with Crippen LogP contribution in [0.25, 0.3) is 0 Å². The highest BCUT2D eigenvalue weighted by atomic mass is 32.2. The highest BCUT2D eigenvalue weighted by Crippen LogP contribution is 2.33. The smallest absolute Gasteiger partial charge is 0.406 e. The van der Waals surface area contributed by atoms with Crippen LogP contribution in [0.15, 0.2) is 34.2 Å². The minimum absolute atomic E-state index is 0.0641. The van der Waals surface area contributed by atoms with Crippen molar-refractivity contribution in [1.29, 1.82) is 0 Å². The average molecular weight is 413 g/mol. The molecule has 3 rings (SSSR count). The normalized spacial score (nSPS) is 16.0. The fraction of sp³-hybridized carbons (Fsp3) is 0.389. The van der Waals surface area contributed by atoms with Crippen LogP contribution in [0.5, 0.6) is 5.75 Å². The number of nitrogens with one attached hydrogen (secondary N) is 1. The second-order valence-electron chi connectivity index (χ2n) is 6.28. The number of hydrogen-bond acceptors (Lipinski definition) is 5. The van der Waals surface area contributed by atoms with Crippen molar-refractivity contribution in [3.8, 4) is 5.75 Å². The molecule has 2 heterocycles. The summed E-state index contributed by atoms with van der Waals surface area (Å²) < 4.78 is 41.9. The number of aryl methyl sites for hydroxylation is 1. The molecular formula is C18H18F3N3O3S. The summed E-state index contributed by atoms with van der Waals surface area (Å²) in [6, 6.07) is 4.56. The summed E-state index contributed by atoms with van der Waals surface area (Å²) in [5, 5.41) is 3.23. The first kappa shape index (κ1) is 20.2. The van der Waals surface area contributed by atoms with Crippen molar-refractivity contribution in [3.05, 3.63) is 45.9 Å². The number of halogens is 3. The van der Waals surface area contributed by atoms with E-state index in [4.69, 9.17) is 0 Å². The molecule has 1 aromatic heterocycles. The molecule has 1 amide bonds. The number of anilines is 1. The van der Waals surface area contributed by atoms with Crippen LogP contribution in [0.3, 0.4) is 0 Å². The minimum Gasteiger partial charge on any atom is -0.406 e. The fourth-order valence-corrected chi connectivity index (χ4v) is 4.23. The van der Waals surface area contributed by atoms with E-state index in [1.54, 1.807) is 11.5 Å². The zero-order chi connectivity index (χ0) is 20.5. The van der Waals surface area contributed by atoms with Crippen LogP contribution in [0.2, 0.25) is 0 Å². The van der Waals surface area contributed by atoms with Crippen LogP contribution in [0.4, 0.5) is 18.9 Å². The number of aromatic nitrogens is 2. The van der Waals surface area contributed by atoms with Gasteiger partial charge in [-0.25, -0.2) is 4.98 Å². The number of carbonyl (C=O) groups is 1. The van der Waals surface area contributed by atoms with E-state index in [1.165, 1.54) is 23.9 Å². The van der Waals surface area contributed by atoms with Crippen LogP contribution in [0.1, 0.15) is 30.6 Å². The van der Waals surface area contributed by atoms with Crippen molar-refractivity contribution in [3.63, 3.8) is 0 Å². The van der Waals surface area contributed by atoms with Crippen LogP contribution in [0, 0.1) is 6.92 Å². The number of benzene rings is 1. The monoisotopic (exact) mass is 413 g/mol. The summed E-state index contributed by atoms with van der Waals surface area (Å²) in [6.07, 6.45) is -4.14. The van der Waals surface area contributed by atoms with Crippen LogP contribution < -0.4 is 15.6 Å². The first-order valence-electron chi connectivity index (χ1n) is 8.58. The molecule has 150 valence electrons. The van der Waals surface area contributed by atoms with Crippen molar-refractivity contribution in [2.75, 3.05) is 11.1 Å². The van der Waals surface area contributed by atoms with Gasteiger partial charge < -0.3 is 10.1 Å². The molecule has 2 aromatic rings. The highest BCUT2D eigenvalue weighted by Gasteiger charge is 2.31. The summed E-state index contributed by atoms with van der Waals surface area (Å²) in [4.78, 5) is 29.5. The lowest BCUT2D eigenvalue weighted by Crippen LogP contribution is -2.30. The Morgan fingerprint density at radius 1 is 1.36 bits per heavy atom. The van der Waals surface area contributed by atoms with Crippen molar-refractivity contribution in [1.82, 2.24) is 9.55 Å². The topological polar surface area (TPSA) is 73.2 Å². The van der Waals surface area contributed by atoms with Gasteiger partial charge in [0, 0.05) is 29.1 Å². The van der Waals surface area contributed by atoms with E-state index >= 15 is 0 Å². The first-order chi connectivity index (χ1) is 13.2. The minimum atomic E-state index is -4.77. The number of amides is 1. The van der Waals surface area contributed by atoms with Crippen molar-refractivity contribution in [2.45, 2.75) is 44.2 Å². The molecule has 1 aliphatic heterocycles. The molecule has 0 spiro atoms. The van der Waals surface area contributed by atoms with Gasteiger partial charge in [0.25, 0.3) is 5.56 Å². The molecule has 1 atom stereocenters. The number of carbonyl (C=O) groups excluding carboxylic acids is 1. The number of nitrogens with zero attached hydrogens (tertiary/aromatic N) is 2. The number of ether oxygens (including phenoxy) is 1. The summed E-state index contributed by atoms with van der Waals surface area (Å²) in [6.45, 7) is 3.68. The molecule has 0 saturated carbocycles. The lowest BCUT2D eigenvalue weighted by atomic mass is 10.1. The number of fused-ring (bicyclic) bond motifs is 1. The predicted molar refractivity (Wildman–Crippen MR) is 98.7 cm³/mol. The third-order valence-electron chi connectivity index (χ3n) is 4.30. The molecule has 6 nitrogen and oxygen atoms in total. The standard InChI is InChI=1S/C18H18F3N3O3S/c1-3-14-10(2)22-17-24(16(14)26)12(9-28-17)8-15(25)23-11-4-6-13(7-5-11)27-18(19,20)21/h4-7,12H,3,8-9H2,1-2H3,(H,23,25). The zero-order valence-electron chi connectivity index (χ0n) is 15.2. The molecule has 1 aliphatic rings. The molecule has 0 aliphatic carbocycles. The third kappa shape index (κ3) is 4.49. The van der Waals surface area contributed by atoms with Crippen molar-refractivity contribution < 1.29 is 22.7 Å². The van der Waals surface area contributed by atoms with Gasteiger partial charge >= 0.3 is 6.36 Å². The first-order valence-corrected chi connectivity index (χ1v) is 9.57. The van der Waals surface area contributed by atoms with Gasteiger partial charge in [0.15, 0.2) is 5.16 Å². The highest BCUT2D eigenvalue weighted by molar-refractivity contribution is 7.99. The quantitative estimate of drug-likeness (QED) is 0.757. The van der Waals surface area contributed by atoms with E-state index in [0.29, 0.717) is 34.3 Å². The number of thioether (sulfide) groups is 1. The Morgan fingerprint density at radius 3 is 2.64 bits per heavy atom. The Morgan fingerprint density at radius 2 is 2.04 bits per heavy atom. The lowest BCUT2D eigenvalue weighted by Gasteiger charge is -2.15. The van der Waals surface area contributed by atoms with E-state index in [1.807, 2.05) is 6.92 Å². The van der Waals surface area contributed by atoms with Gasteiger partial charge in [-0.15, -0.1) is 13.2 Å². The van der Waals surface area contributed by atoms with Gasteiger partial charge in [0.2, 0.25) is 5.91 Å². The molecule has 0 saturated heterocycles. The Balaban J connectivity index is 1.68. The maximum absolute atomic E-state index is 12.7. The summed E-state index contributed by atoms with van der Waals surface area (Å²) >= 11 is 1.43. The molecule has 28 heavy (non-hydrogen) atoms. The fourth-order valence-electron chi connectivity index (χ4n) is 3.04. The lowest BCUT2D eigenvalue weighted by molar-refractivity contribution is -0.274. The molecule has 1 unspecified atom stereocenters. The summed E-state index contributed by atoms with van der Waals surface area (Å²) in [5.74, 6) is -0.152.